The van der Waals surface area contributed by atoms with E-state index in [4.69, 9.17) is 4.74 Å². The summed E-state index contributed by atoms with van der Waals surface area (Å²) in [5.41, 5.74) is 0. The molecule has 0 bridgehead atoms. The zero-order chi connectivity index (χ0) is 46.5. The zero-order valence-corrected chi connectivity index (χ0v) is 43.0. The Hall–Kier alpha value is -1.66. The maximum Gasteiger partial charge on any atom is 0.305 e. The van der Waals surface area contributed by atoms with Crippen LogP contribution in [0.2, 0.25) is 0 Å². The summed E-state index contributed by atoms with van der Waals surface area (Å²) in [5.74, 6) is -0.0665. The fourth-order valence-corrected chi connectivity index (χ4v) is 8.81. The molecule has 6 heteroatoms. The van der Waals surface area contributed by atoms with E-state index in [0.29, 0.717) is 19.4 Å². The topological polar surface area (TPSA) is 95.9 Å². The highest BCUT2D eigenvalue weighted by molar-refractivity contribution is 5.76. The number of rotatable bonds is 53. The number of amides is 1. The van der Waals surface area contributed by atoms with Gasteiger partial charge >= 0.3 is 5.97 Å². The van der Waals surface area contributed by atoms with Crippen molar-refractivity contribution in [3.63, 3.8) is 0 Å². The van der Waals surface area contributed by atoms with E-state index in [1.54, 1.807) is 6.08 Å². The lowest BCUT2D eigenvalue weighted by Gasteiger charge is -2.20. The molecule has 1 amide bonds. The van der Waals surface area contributed by atoms with Crippen LogP contribution >= 0.6 is 0 Å². The molecule has 0 aliphatic heterocycles. The fraction of sp³-hybridized carbons (Fsp3) is 0.897. The van der Waals surface area contributed by atoms with Crippen molar-refractivity contribution in [2.45, 2.75) is 321 Å². The number of allylic oxidation sites excluding steroid dienone is 3. The van der Waals surface area contributed by atoms with Crippen molar-refractivity contribution in [1.82, 2.24) is 5.32 Å². The van der Waals surface area contributed by atoms with E-state index < -0.39 is 12.1 Å². The number of unbranched alkanes of at least 4 members (excludes halogenated alkanes) is 40. The molecule has 0 aliphatic carbocycles. The van der Waals surface area contributed by atoms with Gasteiger partial charge in [-0.15, -0.1) is 0 Å². The Kier molecular flexibility index (Phi) is 52.6. The summed E-state index contributed by atoms with van der Waals surface area (Å²) in [6.07, 6.45) is 64.9. The van der Waals surface area contributed by atoms with Crippen LogP contribution in [-0.4, -0.2) is 47.4 Å². The minimum atomic E-state index is -0.843. The zero-order valence-electron chi connectivity index (χ0n) is 43.0. The molecule has 0 aromatic rings. The largest absolute Gasteiger partial charge is 0.466 e. The third kappa shape index (κ3) is 49.8. The minimum Gasteiger partial charge on any atom is -0.466 e. The van der Waals surface area contributed by atoms with Crippen molar-refractivity contribution >= 4 is 11.9 Å². The van der Waals surface area contributed by atoms with Crippen LogP contribution < -0.4 is 5.32 Å². The van der Waals surface area contributed by atoms with Gasteiger partial charge in [-0.1, -0.05) is 263 Å². The minimum absolute atomic E-state index is 0.00335. The van der Waals surface area contributed by atoms with Crippen LogP contribution in [0.3, 0.4) is 0 Å². The highest BCUT2D eigenvalue weighted by atomic mass is 16.5. The fourth-order valence-electron chi connectivity index (χ4n) is 8.81. The lowest BCUT2D eigenvalue weighted by atomic mass is 10.0. The monoisotopic (exact) mass is 902 g/mol. The van der Waals surface area contributed by atoms with Crippen molar-refractivity contribution in [1.29, 1.82) is 0 Å². The van der Waals surface area contributed by atoms with Crippen molar-refractivity contribution < 1.29 is 24.5 Å². The lowest BCUT2D eigenvalue weighted by molar-refractivity contribution is -0.143. The van der Waals surface area contributed by atoms with E-state index in [2.05, 4.69) is 31.3 Å². The average molecular weight is 903 g/mol. The first kappa shape index (κ1) is 62.3. The molecule has 0 saturated carbocycles. The first-order chi connectivity index (χ1) is 31.5. The Labute approximate surface area is 399 Å². The van der Waals surface area contributed by atoms with Gasteiger partial charge in [0.25, 0.3) is 0 Å². The number of ether oxygens (including phenoxy) is 1. The molecule has 0 fully saturated rings. The van der Waals surface area contributed by atoms with E-state index in [0.717, 1.165) is 44.9 Å². The van der Waals surface area contributed by atoms with Crippen molar-refractivity contribution in [3.05, 3.63) is 24.3 Å². The first-order valence-corrected chi connectivity index (χ1v) is 28.6. The highest BCUT2D eigenvalue weighted by Gasteiger charge is 2.18. The summed E-state index contributed by atoms with van der Waals surface area (Å²) in [5, 5.41) is 23.0. The van der Waals surface area contributed by atoms with Gasteiger partial charge in [-0.05, 0) is 57.8 Å². The first-order valence-electron chi connectivity index (χ1n) is 28.6. The van der Waals surface area contributed by atoms with E-state index >= 15 is 0 Å². The van der Waals surface area contributed by atoms with Crippen LogP contribution in [0.1, 0.15) is 309 Å². The van der Waals surface area contributed by atoms with Crippen LogP contribution in [0.5, 0.6) is 0 Å². The molecule has 0 aromatic carbocycles. The van der Waals surface area contributed by atoms with E-state index in [9.17, 15) is 19.8 Å². The predicted octanol–water partition coefficient (Wildman–Crippen LogP) is 17.5. The van der Waals surface area contributed by atoms with Gasteiger partial charge in [-0.25, -0.2) is 0 Å². The molecule has 0 rings (SSSR count). The Bertz CT molecular complexity index is 997. The molecule has 0 radical (unpaired) electrons. The standard InChI is InChI=1S/C58H111NO5/c1-3-5-7-9-11-13-15-16-24-28-32-36-40-44-48-52-58(63)64-53-49-45-41-37-33-29-26-23-21-19-17-18-20-22-25-27-31-35-39-43-47-51-57(62)59-55(54-60)56(61)50-46-42-38-34-30-14-12-10-8-6-4-2/h16,24,46,50,55-56,60-61H,3-15,17-23,25-45,47-49,51-54H2,1-2H3,(H,59,62)/b24-16-,50-46+. The van der Waals surface area contributed by atoms with Gasteiger partial charge in [0.05, 0.1) is 25.4 Å². The second kappa shape index (κ2) is 54.0. The summed E-state index contributed by atoms with van der Waals surface area (Å²) < 4.78 is 5.48. The number of aliphatic hydroxyl groups excluding tert-OH is 2. The average Bonchev–Trinajstić information content (AvgIpc) is 3.29. The number of carbonyl (C=O) groups excluding carboxylic acids is 2. The van der Waals surface area contributed by atoms with Crippen molar-refractivity contribution in [2.24, 2.45) is 0 Å². The summed E-state index contributed by atoms with van der Waals surface area (Å²) >= 11 is 0. The Morgan fingerprint density at radius 2 is 0.734 bits per heavy atom. The third-order valence-corrected chi connectivity index (χ3v) is 13.2. The molecule has 6 nitrogen and oxygen atoms in total. The smallest absolute Gasteiger partial charge is 0.305 e. The van der Waals surface area contributed by atoms with Gasteiger partial charge in [0.15, 0.2) is 0 Å². The number of nitrogens with one attached hydrogen (secondary N) is 1. The lowest BCUT2D eigenvalue weighted by Crippen LogP contribution is -2.45. The quantitative estimate of drug-likeness (QED) is 0.0321. The van der Waals surface area contributed by atoms with Gasteiger partial charge < -0.3 is 20.3 Å². The molecule has 2 atom stereocenters. The maximum absolute atomic E-state index is 12.4. The number of hydrogen-bond acceptors (Lipinski definition) is 5. The summed E-state index contributed by atoms with van der Waals surface area (Å²) in [4.78, 5) is 24.5. The van der Waals surface area contributed by atoms with Gasteiger partial charge in [0.2, 0.25) is 5.91 Å². The van der Waals surface area contributed by atoms with Crippen LogP contribution in [0.4, 0.5) is 0 Å². The van der Waals surface area contributed by atoms with Gasteiger partial charge in [-0.3, -0.25) is 9.59 Å². The highest BCUT2D eigenvalue weighted by Crippen LogP contribution is 2.17. The van der Waals surface area contributed by atoms with E-state index in [1.807, 2.05) is 6.08 Å². The molecule has 2 unspecified atom stereocenters. The number of hydrogen-bond donors (Lipinski definition) is 3. The van der Waals surface area contributed by atoms with Crippen molar-refractivity contribution in [2.75, 3.05) is 13.2 Å². The third-order valence-electron chi connectivity index (χ3n) is 13.2. The molecule has 0 aliphatic rings. The molecular formula is C58H111NO5. The molecule has 64 heavy (non-hydrogen) atoms. The summed E-state index contributed by atoms with van der Waals surface area (Å²) in [6, 6.07) is -0.627. The Balaban J connectivity index is 3.38. The predicted molar refractivity (Wildman–Crippen MR) is 278 cm³/mol. The maximum atomic E-state index is 12.4. The second-order valence-electron chi connectivity index (χ2n) is 19.6. The van der Waals surface area contributed by atoms with Crippen LogP contribution in [-0.2, 0) is 14.3 Å². The van der Waals surface area contributed by atoms with Gasteiger partial charge in [-0.2, -0.15) is 0 Å². The van der Waals surface area contributed by atoms with Gasteiger partial charge in [0, 0.05) is 12.8 Å². The molecule has 378 valence electrons. The van der Waals surface area contributed by atoms with Gasteiger partial charge in [0.1, 0.15) is 0 Å². The van der Waals surface area contributed by atoms with Crippen LogP contribution in [0.15, 0.2) is 24.3 Å². The molecule has 0 aromatic heterocycles. The molecule has 0 saturated heterocycles. The molecule has 3 N–H and O–H groups in total. The number of carbonyl (C=O) groups is 2. The molecule has 0 spiro atoms. The van der Waals surface area contributed by atoms with E-state index in [1.165, 1.54) is 238 Å². The number of esters is 1. The Morgan fingerprint density at radius 3 is 1.11 bits per heavy atom. The SMILES string of the molecule is CCCCCCCC/C=C\CCCCCCCC(=O)OCCCCCCCCCCCCCCCCCCCCCCCC(=O)NC(CO)C(O)/C=C/CCCCCCCCCCC. The summed E-state index contributed by atoms with van der Waals surface area (Å²) in [7, 11) is 0. The normalized spacial score (nSPS) is 12.8. The van der Waals surface area contributed by atoms with E-state index in [-0.39, 0.29) is 18.5 Å². The van der Waals surface area contributed by atoms with Crippen molar-refractivity contribution in [3.8, 4) is 0 Å². The second-order valence-corrected chi connectivity index (χ2v) is 19.6. The van der Waals surface area contributed by atoms with Crippen LogP contribution in [0, 0.1) is 0 Å². The number of aliphatic hydroxyl groups is 2. The summed E-state index contributed by atoms with van der Waals surface area (Å²) in [6.45, 7) is 4.89. The molecule has 0 heterocycles. The Morgan fingerprint density at radius 1 is 0.422 bits per heavy atom. The van der Waals surface area contributed by atoms with Crippen LogP contribution in [0.25, 0.3) is 0 Å². The molecular weight excluding hydrogens is 791 g/mol.